The van der Waals surface area contributed by atoms with Crippen LogP contribution in [0, 0.1) is 6.92 Å². The van der Waals surface area contributed by atoms with E-state index < -0.39 is 5.97 Å². The normalized spacial score (nSPS) is 10.6. The van der Waals surface area contributed by atoms with E-state index in [4.69, 9.17) is 4.74 Å². The minimum Gasteiger partial charge on any atom is -0.452 e. The number of thiazole rings is 1. The van der Waals surface area contributed by atoms with E-state index >= 15 is 0 Å². The minimum absolute atomic E-state index is 0.284. The first-order valence-corrected chi connectivity index (χ1v) is 11.5. The zero-order valence-electron chi connectivity index (χ0n) is 15.3. The molecule has 8 heteroatoms. The number of esters is 1. The lowest BCUT2D eigenvalue weighted by Gasteiger charge is -2.09. The van der Waals surface area contributed by atoms with Crippen LogP contribution in [0.25, 0.3) is 0 Å². The molecule has 0 aliphatic heterocycles. The van der Waals surface area contributed by atoms with Gasteiger partial charge in [-0.25, -0.2) is 9.78 Å². The number of nitrogens with one attached hydrogen (secondary N) is 1. The molecule has 28 heavy (non-hydrogen) atoms. The Labute approximate surface area is 176 Å². The first-order chi connectivity index (χ1) is 13.6. The lowest BCUT2D eigenvalue weighted by molar-refractivity contribution is -0.124. The van der Waals surface area contributed by atoms with Gasteiger partial charge in [-0.05, 0) is 36.9 Å². The topological polar surface area (TPSA) is 68.3 Å². The Morgan fingerprint density at radius 2 is 2.04 bits per heavy atom. The Morgan fingerprint density at radius 1 is 1.18 bits per heavy atom. The van der Waals surface area contributed by atoms with E-state index in [0.717, 1.165) is 22.0 Å². The van der Waals surface area contributed by atoms with Crippen LogP contribution in [-0.2, 0) is 21.7 Å². The lowest BCUT2D eigenvalue weighted by atomic mass is 10.2. The molecule has 0 spiro atoms. The van der Waals surface area contributed by atoms with Crippen molar-refractivity contribution < 1.29 is 14.3 Å². The van der Waals surface area contributed by atoms with Crippen molar-refractivity contribution in [2.24, 2.45) is 0 Å². The van der Waals surface area contributed by atoms with Crippen LogP contribution in [0.15, 0.2) is 52.1 Å². The maximum Gasteiger partial charge on any atom is 0.339 e. The third-order valence-electron chi connectivity index (χ3n) is 3.76. The predicted molar refractivity (Wildman–Crippen MR) is 114 cm³/mol. The standard InChI is InChI=1S/C20H20N2O3S3/c1-14-22-15(12-27-14)13-28-18-7-3-2-6-17(18)20(24)25-11-19(23)21-9-8-16-5-4-10-26-16/h2-7,10,12H,8-9,11,13H2,1H3,(H,21,23). The lowest BCUT2D eigenvalue weighted by Crippen LogP contribution is -2.30. The van der Waals surface area contributed by atoms with Crippen molar-refractivity contribution >= 4 is 46.3 Å². The summed E-state index contributed by atoms with van der Waals surface area (Å²) >= 11 is 4.79. The molecule has 1 amide bonds. The third-order valence-corrected chi connectivity index (χ3v) is 6.62. The van der Waals surface area contributed by atoms with Crippen molar-refractivity contribution in [3.05, 3.63) is 68.3 Å². The quantitative estimate of drug-likeness (QED) is 0.403. The van der Waals surface area contributed by atoms with Crippen molar-refractivity contribution in [1.82, 2.24) is 10.3 Å². The summed E-state index contributed by atoms with van der Waals surface area (Å²) in [6.45, 7) is 2.21. The number of nitrogens with zero attached hydrogens (tertiary/aromatic N) is 1. The highest BCUT2D eigenvalue weighted by atomic mass is 32.2. The molecular weight excluding hydrogens is 412 g/mol. The molecule has 3 aromatic rings. The van der Waals surface area contributed by atoms with Crippen LogP contribution >= 0.6 is 34.4 Å². The molecule has 0 saturated carbocycles. The molecule has 0 radical (unpaired) electrons. The van der Waals surface area contributed by atoms with Crippen LogP contribution in [0.2, 0.25) is 0 Å². The minimum atomic E-state index is -0.494. The fourth-order valence-corrected chi connectivity index (χ4v) is 4.79. The fourth-order valence-electron chi connectivity index (χ4n) is 2.43. The number of carbonyl (C=O) groups excluding carboxylic acids is 2. The summed E-state index contributed by atoms with van der Waals surface area (Å²) in [6.07, 6.45) is 0.771. The Morgan fingerprint density at radius 3 is 2.79 bits per heavy atom. The Hall–Kier alpha value is -2.16. The van der Waals surface area contributed by atoms with Crippen LogP contribution in [0.4, 0.5) is 0 Å². The highest BCUT2D eigenvalue weighted by Crippen LogP contribution is 2.27. The molecule has 146 valence electrons. The number of ether oxygens (including phenoxy) is 1. The molecule has 0 fully saturated rings. The van der Waals surface area contributed by atoms with Gasteiger partial charge in [0.25, 0.3) is 5.91 Å². The van der Waals surface area contributed by atoms with Crippen LogP contribution in [0.1, 0.15) is 25.9 Å². The van der Waals surface area contributed by atoms with Gasteiger partial charge in [-0.15, -0.1) is 34.4 Å². The van der Waals surface area contributed by atoms with E-state index in [0.29, 0.717) is 17.9 Å². The number of rotatable bonds is 9. The van der Waals surface area contributed by atoms with Gasteiger partial charge in [0.05, 0.1) is 16.3 Å². The molecule has 0 aliphatic rings. The number of aryl methyl sites for hydroxylation is 1. The number of aromatic nitrogens is 1. The van der Waals surface area contributed by atoms with Crippen molar-refractivity contribution in [3.63, 3.8) is 0 Å². The highest BCUT2D eigenvalue weighted by Gasteiger charge is 2.15. The van der Waals surface area contributed by atoms with Gasteiger partial charge in [0.15, 0.2) is 6.61 Å². The van der Waals surface area contributed by atoms with E-state index in [1.807, 2.05) is 41.9 Å². The third kappa shape index (κ3) is 6.19. The van der Waals surface area contributed by atoms with Gasteiger partial charge in [0.1, 0.15) is 0 Å². The maximum atomic E-state index is 12.4. The first-order valence-electron chi connectivity index (χ1n) is 8.71. The monoisotopic (exact) mass is 432 g/mol. The zero-order chi connectivity index (χ0) is 19.8. The van der Waals surface area contributed by atoms with E-state index in [1.165, 1.54) is 16.6 Å². The molecule has 1 aromatic carbocycles. The van der Waals surface area contributed by atoms with Crippen molar-refractivity contribution in [2.45, 2.75) is 24.0 Å². The van der Waals surface area contributed by atoms with Gasteiger partial charge in [-0.3, -0.25) is 4.79 Å². The molecule has 0 bridgehead atoms. The summed E-state index contributed by atoms with van der Waals surface area (Å²) in [5.41, 5.74) is 1.45. The number of benzene rings is 1. The fraction of sp³-hybridized carbons (Fsp3) is 0.250. The van der Waals surface area contributed by atoms with E-state index in [-0.39, 0.29) is 12.5 Å². The summed E-state index contributed by atoms with van der Waals surface area (Å²) < 4.78 is 5.20. The Balaban J connectivity index is 1.47. The highest BCUT2D eigenvalue weighted by molar-refractivity contribution is 7.98. The average Bonchev–Trinajstić information content (AvgIpc) is 3.36. The smallest absolute Gasteiger partial charge is 0.339 e. The Bertz CT molecular complexity index is 922. The number of carbonyl (C=O) groups is 2. The van der Waals surface area contributed by atoms with Crippen LogP contribution in [0.3, 0.4) is 0 Å². The molecule has 5 nitrogen and oxygen atoms in total. The molecular formula is C20H20N2O3S3. The van der Waals surface area contributed by atoms with Crippen LogP contribution in [-0.4, -0.2) is 30.0 Å². The largest absolute Gasteiger partial charge is 0.452 e. The van der Waals surface area contributed by atoms with E-state index in [1.54, 1.807) is 34.8 Å². The van der Waals surface area contributed by atoms with Gasteiger partial charge in [-0.2, -0.15) is 0 Å². The average molecular weight is 433 g/mol. The maximum absolute atomic E-state index is 12.4. The second kappa shape index (κ2) is 10.4. The summed E-state index contributed by atoms with van der Waals surface area (Å²) in [5, 5.41) is 7.81. The number of thioether (sulfide) groups is 1. The summed E-state index contributed by atoms with van der Waals surface area (Å²) in [6, 6.07) is 11.3. The van der Waals surface area contributed by atoms with Crippen molar-refractivity contribution in [1.29, 1.82) is 0 Å². The van der Waals surface area contributed by atoms with Crippen molar-refractivity contribution in [3.8, 4) is 0 Å². The van der Waals surface area contributed by atoms with Gasteiger partial charge in [-0.1, -0.05) is 18.2 Å². The zero-order valence-corrected chi connectivity index (χ0v) is 17.8. The summed E-state index contributed by atoms with van der Waals surface area (Å²) in [5.74, 6) is -0.114. The number of hydrogen-bond acceptors (Lipinski definition) is 7. The molecule has 2 aromatic heterocycles. The van der Waals surface area contributed by atoms with Crippen LogP contribution < -0.4 is 5.32 Å². The van der Waals surface area contributed by atoms with Crippen molar-refractivity contribution in [2.75, 3.05) is 13.2 Å². The van der Waals surface area contributed by atoms with Gasteiger partial charge in [0, 0.05) is 27.5 Å². The second-order valence-electron chi connectivity index (χ2n) is 5.90. The van der Waals surface area contributed by atoms with E-state index in [9.17, 15) is 9.59 Å². The second-order valence-corrected chi connectivity index (χ2v) is 9.01. The summed E-state index contributed by atoms with van der Waals surface area (Å²) in [7, 11) is 0. The molecule has 0 unspecified atom stereocenters. The van der Waals surface area contributed by atoms with Gasteiger partial charge >= 0.3 is 5.97 Å². The number of amides is 1. The molecule has 0 saturated heterocycles. The molecule has 2 heterocycles. The number of thiophene rings is 1. The summed E-state index contributed by atoms with van der Waals surface area (Å²) in [4.78, 5) is 30.8. The number of hydrogen-bond donors (Lipinski definition) is 1. The Kier molecular flexibility index (Phi) is 7.64. The van der Waals surface area contributed by atoms with Crippen LogP contribution in [0.5, 0.6) is 0 Å². The van der Waals surface area contributed by atoms with Gasteiger partial charge < -0.3 is 10.1 Å². The predicted octanol–water partition coefficient (Wildman–Crippen LogP) is 4.32. The molecule has 0 atom stereocenters. The molecule has 3 rings (SSSR count). The van der Waals surface area contributed by atoms with E-state index in [2.05, 4.69) is 10.3 Å². The van der Waals surface area contributed by atoms with Gasteiger partial charge in [0.2, 0.25) is 0 Å². The molecule has 0 aliphatic carbocycles. The SMILES string of the molecule is Cc1nc(CSc2ccccc2C(=O)OCC(=O)NCCc2cccs2)cs1. The first kappa shape index (κ1) is 20.6. The molecule has 1 N–H and O–H groups in total.